The molecule has 0 aliphatic rings. The molecule has 0 amide bonds. The van der Waals surface area contributed by atoms with Crippen molar-refractivity contribution in [2.24, 2.45) is 0 Å². The number of ether oxygens (including phenoxy) is 1. The van der Waals surface area contributed by atoms with Gasteiger partial charge in [0.1, 0.15) is 0 Å². The molecule has 1 heteroatoms. The van der Waals surface area contributed by atoms with Crippen molar-refractivity contribution in [1.82, 2.24) is 0 Å². The van der Waals surface area contributed by atoms with Crippen LogP contribution in [0.15, 0.2) is 0 Å². The zero-order chi connectivity index (χ0) is 16.1. The predicted molar refractivity (Wildman–Crippen MR) is 100 cm³/mol. The van der Waals surface area contributed by atoms with Crippen molar-refractivity contribution in [3.63, 3.8) is 0 Å². The van der Waals surface area contributed by atoms with Crippen LogP contribution in [0.1, 0.15) is 117 Å². The Balaban J connectivity index is 2.91. The van der Waals surface area contributed by atoms with Gasteiger partial charge in [-0.3, -0.25) is 0 Å². The molecule has 0 fully saturated rings. The summed E-state index contributed by atoms with van der Waals surface area (Å²) in [6.07, 6.45) is 24.9. The summed E-state index contributed by atoms with van der Waals surface area (Å²) in [6, 6.07) is 0. The molecule has 0 saturated heterocycles. The summed E-state index contributed by atoms with van der Waals surface area (Å²) in [5.41, 5.74) is 0. The van der Waals surface area contributed by atoms with Gasteiger partial charge in [0, 0.05) is 13.2 Å². The molecule has 0 aliphatic carbocycles. The molecule has 0 N–H and O–H groups in total. The first kappa shape index (κ1) is 22.0. The molecular formula is C21H43O. The van der Waals surface area contributed by atoms with Crippen LogP contribution in [0.2, 0.25) is 0 Å². The second-order valence-electron chi connectivity index (χ2n) is 6.79. The smallest absolute Gasteiger partial charge is 0.0495 e. The van der Waals surface area contributed by atoms with E-state index in [2.05, 4.69) is 13.3 Å². The largest absolute Gasteiger partial charge is 0.381 e. The molecule has 0 spiro atoms. The number of rotatable bonds is 19. The van der Waals surface area contributed by atoms with Crippen molar-refractivity contribution in [3.05, 3.63) is 6.42 Å². The molecule has 1 nitrogen and oxygen atoms in total. The maximum Gasteiger partial charge on any atom is 0.0495 e. The van der Waals surface area contributed by atoms with Crippen molar-refractivity contribution < 1.29 is 4.74 Å². The molecule has 0 atom stereocenters. The average Bonchev–Trinajstić information content (AvgIpc) is 2.54. The van der Waals surface area contributed by atoms with Crippen LogP contribution in [0.25, 0.3) is 0 Å². The number of hydrogen-bond donors (Lipinski definition) is 0. The molecule has 133 valence electrons. The van der Waals surface area contributed by atoms with Crippen LogP contribution in [-0.2, 0) is 4.74 Å². The summed E-state index contributed by atoms with van der Waals surface area (Å²) < 4.78 is 5.45. The molecule has 0 bridgehead atoms. The van der Waals surface area contributed by atoms with E-state index in [1.807, 2.05) is 6.92 Å². The second-order valence-corrected chi connectivity index (χ2v) is 6.79. The van der Waals surface area contributed by atoms with Gasteiger partial charge >= 0.3 is 0 Å². The van der Waals surface area contributed by atoms with Crippen molar-refractivity contribution in [2.75, 3.05) is 13.2 Å². The van der Waals surface area contributed by atoms with E-state index in [1.165, 1.54) is 103 Å². The minimum Gasteiger partial charge on any atom is -0.381 e. The van der Waals surface area contributed by atoms with Gasteiger partial charge in [0.15, 0.2) is 0 Å². The lowest BCUT2D eigenvalue weighted by Gasteiger charge is -2.04. The first-order valence-corrected chi connectivity index (χ1v) is 10.3. The Morgan fingerprint density at radius 3 is 1.27 bits per heavy atom. The van der Waals surface area contributed by atoms with E-state index in [1.54, 1.807) is 0 Å². The van der Waals surface area contributed by atoms with Crippen molar-refractivity contribution >= 4 is 0 Å². The maximum atomic E-state index is 5.45. The molecule has 0 aromatic carbocycles. The van der Waals surface area contributed by atoms with Gasteiger partial charge in [0.05, 0.1) is 0 Å². The summed E-state index contributed by atoms with van der Waals surface area (Å²) in [5.74, 6) is 0. The Kier molecular flexibility index (Phi) is 20.9. The lowest BCUT2D eigenvalue weighted by molar-refractivity contribution is 0.149. The molecule has 0 heterocycles. The van der Waals surface area contributed by atoms with E-state index < -0.39 is 0 Å². The van der Waals surface area contributed by atoms with Gasteiger partial charge in [-0.25, -0.2) is 0 Å². The molecule has 0 unspecified atom stereocenters. The molecule has 1 radical (unpaired) electrons. The highest BCUT2D eigenvalue weighted by Crippen LogP contribution is 2.13. The van der Waals surface area contributed by atoms with Crippen LogP contribution in [-0.4, -0.2) is 13.2 Å². The quantitative estimate of drug-likeness (QED) is 0.224. The van der Waals surface area contributed by atoms with Gasteiger partial charge in [-0.15, -0.1) is 0 Å². The minimum atomic E-state index is 0.818. The Morgan fingerprint density at radius 2 is 0.909 bits per heavy atom. The lowest BCUT2D eigenvalue weighted by atomic mass is 10.0. The van der Waals surface area contributed by atoms with Crippen LogP contribution >= 0.6 is 0 Å². The molecule has 0 rings (SSSR count). The van der Waals surface area contributed by atoms with E-state index in [0.29, 0.717) is 0 Å². The fourth-order valence-electron chi connectivity index (χ4n) is 2.95. The standard InChI is InChI=1S/C21H43O/c1-3-5-6-7-8-9-10-11-12-13-14-15-16-17-18-19-21-22-20-4-2/h4H,3,5-21H2,1-2H3. The van der Waals surface area contributed by atoms with E-state index >= 15 is 0 Å². The third kappa shape index (κ3) is 20.0. The van der Waals surface area contributed by atoms with E-state index in [9.17, 15) is 0 Å². The SMILES string of the molecule is C[CH]COCCCCCCCCCCCCCCCCCC. The molecule has 0 aromatic heterocycles. The van der Waals surface area contributed by atoms with Crippen molar-refractivity contribution in [3.8, 4) is 0 Å². The fourth-order valence-corrected chi connectivity index (χ4v) is 2.95. The highest BCUT2D eigenvalue weighted by atomic mass is 16.5. The molecule has 0 saturated carbocycles. The van der Waals surface area contributed by atoms with Gasteiger partial charge in [-0.2, -0.15) is 0 Å². The van der Waals surface area contributed by atoms with Crippen molar-refractivity contribution in [2.45, 2.75) is 117 Å². The molecular weight excluding hydrogens is 268 g/mol. The van der Waals surface area contributed by atoms with Crippen LogP contribution in [0.3, 0.4) is 0 Å². The Hall–Kier alpha value is -0.0400. The summed E-state index contributed by atoms with van der Waals surface area (Å²) in [4.78, 5) is 0. The summed E-state index contributed by atoms with van der Waals surface area (Å²) >= 11 is 0. The van der Waals surface area contributed by atoms with Gasteiger partial charge < -0.3 is 4.74 Å². The van der Waals surface area contributed by atoms with Crippen LogP contribution < -0.4 is 0 Å². The maximum absolute atomic E-state index is 5.45. The first-order chi connectivity index (χ1) is 10.9. The zero-order valence-corrected chi connectivity index (χ0v) is 15.7. The third-order valence-corrected chi connectivity index (χ3v) is 4.43. The first-order valence-electron chi connectivity index (χ1n) is 10.3. The van der Waals surface area contributed by atoms with E-state index in [0.717, 1.165) is 13.2 Å². The normalized spacial score (nSPS) is 11.2. The molecule has 0 aliphatic heterocycles. The Bertz CT molecular complexity index is 159. The number of unbranched alkanes of at least 4 members (excludes halogenated alkanes) is 15. The molecule has 0 aromatic rings. The van der Waals surface area contributed by atoms with Crippen LogP contribution in [0, 0.1) is 6.42 Å². The topological polar surface area (TPSA) is 9.23 Å². The average molecular weight is 312 g/mol. The molecule has 22 heavy (non-hydrogen) atoms. The van der Waals surface area contributed by atoms with Crippen LogP contribution in [0.4, 0.5) is 0 Å². The minimum absolute atomic E-state index is 0.818. The monoisotopic (exact) mass is 311 g/mol. The highest BCUT2D eigenvalue weighted by Gasteiger charge is 1.94. The van der Waals surface area contributed by atoms with Crippen molar-refractivity contribution in [1.29, 1.82) is 0 Å². The lowest BCUT2D eigenvalue weighted by Crippen LogP contribution is -1.95. The van der Waals surface area contributed by atoms with Gasteiger partial charge in [0.2, 0.25) is 0 Å². The summed E-state index contributed by atoms with van der Waals surface area (Å²) in [5, 5.41) is 0. The van der Waals surface area contributed by atoms with Crippen LogP contribution in [0.5, 0.6) is 0 Å². The highest BCUT2D eigenvalue weighted by molar-refractivity contribution is 4.52. The number of hydrogen-bond acceptors (Lipinski definition) is 1. The van der Waals surface area contributed by atoms with Gasteiger partial charge in [0.25, 0.3) is 0 Å². The van der Waals surface area contributed by atoms with Gasteiger partial charge in [-0.1, -0.05) is 110 Å². The summed E-state index contributed by atoms with van der Waals surface area (Å²) in [6.45, 7) is 6.11. The van der Waals surface area contributed by atoms with E-state index in [4.69, 9.17) is 4.74 Å². The fraction of sp³-hybridized carbons (Fsp3) is 0.952. The van der Waals surface area contributed by atoms with Gasteiger partial charge in [-0.05, 0) is 12.8 Å². The predicted octanol–water partition coefficient (Wildman–Crippen LogP) is 7.49. The Labute approximate surface area is 141 Å². The Morgan fingerprint density at radius 1 is 0.545 bits per heavy atom. The summed E-state index contributed by atoms with van der Waals surface area (Å²) in [7, 11) is 0. The van der Waals surface area contributed by atoms with E-state index in [-0.39, 0.29) is 0 Å². The second kappa shape index (κ2) is 21.0. The zero-order valence-electron chi connectivity index (χ0n) is 15.7. The third-order valence-electron chi connectivity index (χ3n) is 4.43.